The van der Waals surface area contributed by atoms with Crippen LogP contribution in [0.15, 0.2) is 24.3 Å². The first kappa shape index (κ1) is 11.9. The predicted octanol–water partition coefficient (Wildman–Crippen LogP) is 2.00. The van der Waals surface area contributed by atoms with Crippen LogP contribution in [-0.2, 0) is 9.53 Å². The third kappa shape index (κ3) is 7.28. The maximum Gasteiger partial charge on any atom is 0.330 e. The summed E-state index contributed by atoms with van der Waals surface area (Å²) >= 11 is 0. The van der Waals surface area contributed by atoms with Crippen LogP contribution in [0, 0.1) is 0 Å². The van der Waals surface area contributed by atoms with Gasteiger partial charge in [0.05, 0.1) is 6.61 Å². The highest BCUT2D eigenvalue weighted by Crippen LogP contribution is 2.02. The van der Waals surface area contributed by atoms with Crippen molar-refractivity contribution in [3.8, 4) is 0 Å². The molecule has 3 nitrogen and oxygen atoms in total. The number of hydrogen-bond donors (Lipinski definition) is 1. The number of hydrogen-bond acceptors (Lipinski definition) is 2. The lowest BCUT2D eigenvalue weighted by Gasteiger charge is -2.03. The van der Waals surface area contributed by atoms with E-state index in [1.54, 1.807) is 0 Å². The Morgan fingerprint density at radius 1 is 1.46 bits per heavy atom. The Labute approximate surface area is 78.7 Å². The van der Waals surface area contributed by atoms with Crippen LogP contribution >= 0.6 is 0 Å². The number of carboxylic acids is 1. The Morgan fingerprint density at radius 2 is 2.08 bits per heavy atom. The minimum absolute atomic E-state index is 0.235. The molecule has 0 amide bonds. The van der Waals surface area contributed by atoms with E-state index in [0.29, 0.717) is 26.1 Å². The van der Waals surface area contributed by atoms with Crippen molar-refractivity contribution >= 4 is 5.97 Å². The van der Waals surface area contributed by atoms with Gasteiger partial charge in [-0.2, -0.15) is 0 Å². The molecule has 0 aromatic heterocycles. The van der Waals surface area contributed by atoms with Crippen LogP contribution in [0.3, 0.4) is 0 Å². The molecule has 0 saturated heterocycles. The van der Waals surface area contributed by atoms with Gasteiger partial charge >= 0.3 is 5.97 Å². The molecule has 0 unspecified atom stereocenters. The number of carbonyl (C=O) groups is 1. The molecule has 3 heteroatoms. The normalized spacial score (nSPS) is 9.62. The van der Waals surface area contributed by atoms with Crippen molar-refractivity contribution < 1.29 is 14.6 Å². The zero-order valence-corrected chi connectivity index (χ0v) is 8.01. The molecule has 0 aromatic carbocycles. The van der Waals surface area contributed by atoms with E-state index in [2.05, 4.69) is 13.2 Å². The fourth-order valence-corrected chi connectivity index (χ4v) is 0.741. The summed E-state index contributed by atoms with van der Waals surface area (Å²) in [6.07, 6.45) is 1.17. The highest BCUT2D eigenvalue weighted by atomic mass is 16.5. The maximum atomic E-state index is 10.3. The summed E-state index contributed by atoms with van der Waals surface area (Å²) in [5.41, 5.74) is 1.20. The molecule has 0 aromatic rings. The van der Waals surface area contributed by atoms with Crippen molar-refractivity contribution in [2.24, 2.45) is 0 Å². The molecule has 0 heterocycles. The molecule has 1 N–H and O–H groups in total. The Hall–Kier alpha value is -1.09. The largest absolute Gasteiger partial charge is 0.478 e. The number of aliphatic carboxylic acids is 1. The molecule has 0 rings (SSSR count). The lowest BCUT2D eigenvalue weighted by Crippen LogP contribution is -2.02. The first-order valence-electron chi connectivity index (χ1n) is 4.17. The summed E-state index contributed by atoms with van der Waals surface area (Å²) in [7, 11) is 0. The molecular formula is C10H16O3. The van der Waals surface area contributed by atoms with Crippen LogP contribution in [0.1, 0.15) is 19.8 Å². The van der Waals surface area contributed by atoms with E-state index in [1.807, 2.05) is 6.92 Å². The van der Waals surface area contributed by atoms with Gasteiger partial charge in [-0.05, 0) is 19.8 Å². The third-order valence-electron chi connectivity index (χ3n) is 1.42. The molecule has 0 atom stereocenters. The molecule has 13 heavy (non-hydrogen) atoms. The average Bonchev–Trinajstić information content (AvgIpc) is 2.02. The number of ether oxygens (including phenoxy) is 1. The zero-order valence-electron chi connectivity index (χ0n) is 8.01. The Bertz CT molecular complexity index is 206. The number of carboxylic acid groups (broad SMARTS) is 1. The Kier molecular flexibility index (Phi) is 5.89. The lowest BCUT2D eigenvalue weighted by atomic mass is 10.2. The Morgan fingerprint density at radius 3 is 2.54 bits per heavy atom. The summed E-state index contributed by atoms with van der Waals surface area (Å²) in [5.74, 6) is -0.931. The highest BCUT2D eigenvalue weighted by Gasteiger charge is 2.02. The summed E-state index contributed by atoms with van der Waals surface area (Å²) in [4.78, 5) is 10.3. The molecule has 0 fully saturated rings. The monoisotopic (exact) mass is 184 g/mol. The second kappa shape index (κ2) is 6.43. The number of rotatable bonds is 7. The molecule has 0 aliphatic rings. The predicted molar refractivity (Wildman–Crippen MR) is 51.6 cm³/mol. The van der Waals surface area contributed by atoms with Crippen molar-refractivity contribution in [1.29, 1.82) is 0 Å². The topological polar surface area (TPSA) is 46.5 Å². The highest BCUT2D eigenvalue weighted by molar-refractivity contribution is 5.85. The van der Waals surface area contributed by atoms with Crippen LogP contribution < -0.4 is 0 Å². The van der Waals surface area contributed by atoms with Crippen LogP contribution in [0.4, 0.5) is 0 Å². The van der Waals surface area contributed by atoms with Gasteiger partial charge in [-0.1, -0.05) is 18.7 Å². The van der Waals surface area contributed by atoms with E-state index in [-0.39, 0.29) is 5.57 Å². The standard InChI is InChI=1S/C10H16O3/c1-8(2)7-13-6-4-5-9(3)10(11)12/h1,3-7H2,2H3,(H,11,12). The maximum absolute atomic E-state index is 10.3. The van der Waals surface area contributed by atoms with Crippen molar-refractivity contribution in [2.45, 2.75) is 19.8 Å². The molecular weight excluding hydrogens is 168 g/mol. The molecule has 0 aliphatic carbocycles. The smallest absolute Gasteiger partial charge is 0.330 e. The van der Waals surface area contributed by atoms with Gasteiger partial charge in [0.25, 0.3) is 0 Å². The van der Waals surface area contributed by atoms with E-state index >= 15 is 0 Å². The fraction of sp³-hybridized carbons (Fsp3) is 0.500. The second-order valence-electron chi connectivity index (χ2n) is 3.02. The van der Waals surface area contributed by atoms with E-state index < -0.39 is 5.97 Å². The van der Waals surface area contributed by atoms with E-state index in [9.17, 15) is 4.79 Å². The van der Waals surface area contributed by atoms with Gasteiger partial charge in [0.2, 0.25) is 0 Å². The van der Waals surface area contributed by atoms with Gasteiger partial charge in [0.1, 0.15) is 0 Å². The van der Waals surface area contributed by atoms with Crippen LogP contribution in [0.25, 0.3) is 0 Å². The molecule has 0 saturated carbocycles. The van der Waals surface area contributed by atoms with Gasteiger partial charge in [0, 0.05) is 12.2 Å². The van der Waals surface area contributed by atoms with E-state index in [1.165, 1.54) is 0 Å². The summed E-state index contributed by atoms with van der Waals surface area (Å²) in [6, 6.07) is 0. The fourth-order valence-electron chi connectivity index (χ4n) is 0.741. The third-order valence-corrected chi connectivity index (χ3v) is 1.42. The SMILES string of the molecule is C=C(C)COCCCC(=C)C(=O)O. The first-order valence-corrected chi connectivity index (χ1v) is 4.17. The van der Waals surface area contributed by atoms with Crippen LogP contribution in [0.5, 0.6) is 0 Å². The molecule has 74 valence electrons. The van der Waals surface area contributed by atoms with Crippen molar-refractivity contribution in [3.63, 3.8) is 0 Å². The molecule has 0 spiro atoms. The van der Waals surface area contributed by atoms with E-state index in [4.69, 9.17) is 9.84 Å². The van der Waals surface area contributed by atoms with Crippen molar-refractivity contribution in [1.82, 2.24) is 0 Å². The summed E-state index contributed by atoms with van der Waals surface area (Å²) < 4.78 is 5.19. The van der Waals surface area contributed by atoms with Gasteiger partial charge in [-0.15, -0.1) is 0 Å². The van der Waals surface area contributed by atoms with E-state index in [0.717, 1.165) is 5.57 Å². The summed E-state index contributed by atoms with van der Waals surface area (Å²) in [5, 5.41) is 8.47. The van der Waals surface area contributed by atoms with Crippen molar-refractivity contribution in [2.75, 3.05) is 13.2 Å². The minimum Gasteiger partial charge on any atom is -0.478 e. The van der Waals surface area contributed by atoms with Crippen LogP contribution in [0.2, 0.25) is 0 Å². The van der Waals surface area contributed by atoms with Crippen LogP contribution in [-0.4, -0.2) is 24.3 Å². The van der Waals surface area contributed by atoms with Gasteiger partial charge < -0.3 is 9.84 Å². The van der Waals surface area contributed by atoms with Gasteiger partial charge in [-0.25, -0.2) is 4.79 Å². The van der Waals surface area contributed by atoms with Gasteiger partial charge in [0.15, 0.2) is 0 Å². The second-order valence-corrected chi connectivity index (χ2v) is 3.02. The van der Waals surface area contributed by atoms with Gasteiger partial charge in [-0.3, -0.25) is 0 Å². The minimum atomic E-state index is -0.931. The zero-order chi connectivity index (χ0) is 10.3. The first-order chi connectivity index (χ1) is 6.04. The van der Waals surface area contributed by atoms with Crippen molar-refractivity contribution in [3.05, 3.63) is 24.3 Å². The molecule has 0 radical (unpaired) electrons. The molecule has 0 aliphatic heterocycles. The Balaban J connectivity index is 3.31. The molecule has 0 bridgehead atoms. The summed E-state index contributed by atoms with van der Waals surface area (Å²) in [6.45, 7) is 10.1. The quantitative estimate of drug-likeness (QED) is 0.374. The lowest BCUT2D eigenvalue weighted by molar-refractivity contribution is -0.132. The average molecular weight is 184 g/mol.